The molecule has 1 fully saturated rings. The topological polar surface area (TPSA) is 85.0 Å². The molecule has 0 aliphatic carbocycles. The van der Waals surface area contributed by atoms with Crippen LogP contribution in [0.15, 0.2) is 37.1 Å². The number of hydrogen-bond acceptors (Lipinski definition) is 7. The quantitative estimate of drug-likeness (QED) is 0.577. The predicted octanol–water partition coefficient (Wildman–Crippen LogP) is 2.41. The Labute approximate surface area is 154 Å². The summed E-state index contributed by atoms with van der Waals surface area (Å²) in [7, 11) is 1.91. The van der Waals surface area contributed by atoms with Crippen LogP contribution in [0.25, 0.3) is 16.9 Å². The lowest BCUT2D eigenvalue weighted by Crippen LogP contribution is -2.07. The van der Waals surface area contributed by atoms with Gasteiger partial charge in [0.2, 0.25) is 0 Å². The van der Waals surface area contributed by atoms with Gasteiger partial charge in [-0.25, -0.2) is 9.97 Å². The fourth-order valence-electron chi connectivity index (χ4n) is 3.34. The number of imidazole rings is 1. The molecular formula is C17H18N8S. The van der Waals surface area contributed by atoms with Crippen molar-refractivity contribution in [3.8, 4) is 11.3 Å². The number of nitrogens with zero attached hydrogens (tertiary/aromatic N) is 6. The number of aryl methyl sites for hydroxylation is 1. The summed E-state index contributed by atoms with van der Waals surface area (Å²) in [6.07, 6.45) is 10.5. The van der Waals surface area contributed by atoms with Crippen molar-refractivity contribution in [1.82, 2.24) is 33.8 Å². The van der Waals surface area contributed by atoms with Crippen LogP contribution in [0.2, 0.25) is 0 Å². The minimum absolute atomic E-state index is 0.508. The van der Waals surface area contributed by atoms with Crippen LogP contribution in [0, 0.1) is 0 Å². The first-order chi connectivity index (χ1) is 12.8. The molecule has 0 amide bonds. The summed E-state index contributed by atoms with van der Waals surface area (Å²) in [4.78, 5) is 9.03. The molecule has 26 heavy (non-hydrogen) atoms. The van der Waals surface area contributed by atoms with Crippen molar-refractivity contribution in [1.29, 1.82) is 0 Å². The summed E-state index contributed by atoms with van der Waals surface area (Å²) in [5.74, 6) is 1.23. The first-order valence-corrected chi connectivity index (χ1v) is 9.31. The lowest BCUT2D eigenvalue weighted by molar-refractivity contribution is 0.746. The molecule has 0 spiro atoms. The molecule has 0 radical (unpaired) electrons. The van der Waals surface area contributed by atoms with Crippen molar-refractivity contribution in [2.75, 3.05) is 18.4 Å². The van der Waals surface area contributed by atoms with Gasteiger partial charge in [0.15, 0.2) is 11.5 Å². The SMILES string of the molecule is Cn1cc(-c2cnc3c(Nc4cc(C5CCNC5)ns4)nccn23)cn1. The van der Waals surface area contributed by atoms with E-state index >= 15 is 0 Å². The van der Waals surface area contributed by atoms with Gasteiger partial charge in [-0.2, -0.15) is 9.47 Å². The summed E-state index contributed by atoms with van der Waals surface area (Å²) in [6.45, 7) is 2.07. The highest BCUT2D eigenvalue weighted by atomic mass is 32.1. The average molecular weight is 366 g/mol. The van der Waals surface area contributed by atoms with Crippen LogP contribution in [0.3, 0.4) is 0 Å². The van der Waals surface area contributed by atoms with Crippen molar-refractivity contribution in [3.63, 3.8) is 0 Å². The van der Waals surface area contributed by atoms with E-state index in [1.165, 1.54) is 11.5 Å². The molecule has 4 aromatic heterocycles. The molecule has 0 aromatic carbocycles. The fraction of sp³-hybridized carbons (Fsp3) is 0.294. The number of nitrogens with one attached hydrogen (secondary N) is 2. The summed E-state index contributed by atoms with van der Waals surface area (Å²) < 4.78 is 8.41. The lowest BCUT2D eigenvalue weighted by atomic mass is 10.1. The molecule has 2 N–H and O–H groups in total. The Balaban J connectivity index is 1.47. The first-order valence-electron chi connectivity index (χ1n) is 8.53. The van der Waals surface area contributed by atoms with Crippen LogP contribution < -0.4 is 10.6 Å². The van der Waals surface area contributed by atoms with Gasteiger partial charge in [-0.05, 0) is 30.6 Å². The molecule has 5 heterocycles. The van der Waals surface area contributed by atoms with Crippen LogP contribution in [0.4, 0.5) is 10.8 Å². The monoisotopic (exact) mass is 366 g/mol. The third kappa shape index (κ3) is 2.65. The Morgan fingerprint density at radius 2 is 2.27 bits per heavy atom. The Bertz CT molecular complexity index is 1060. The number of fused-ring (bicyclic) bond motifs is 1. The summed E-state index contributed by atoms with van der Waals surface area (Å²) in [6, 6.07) is 2.12. The lowest BCUT2D eigenvalue weighted by Gasteiger charge is -2.05. The van der Waals surface area contributed by atoms with Crippen molar-refractivity contribution < 1.29 is 0 Å². The molecule has 1 aliphatic heterocycles. The summed E-state index contributed by atoms with van der Waals surface area (Å²) >= 11 is 1.47. The smallest absolute Gasteiger partial charge is 0.180 e. The molecule has 0 bridgehead atoms. The average Bonchev–Trinajstić information content (AvgIpc) is 3.42. The van der Waals surface area contributed by atoms with E-state index in [2.05, 4.69) is 36.1 Å². The van der Waals surface area contributed by atoms with Gasteiger partial charge in [-0.3, -0.25) is 9.08 Å². The van der Waals surface area contributed by atoms with Gasteiger partial charge < -0.3 is 10.6 Å². The first kappa shape index (κ1) is 15.5. The Morgan fingerprint density at radius 1 is 1.31 bits per heavy atom. The zero-order chi connectivity index (χ0) is 17.5. The Morgan fingerprint density at radius 3 is 3.08 bits per heavy atom. The van der Waals surface area contributed by atoms with Crippen molar-refractivity contribution in [2.45, 2.75) is 12.3 Å². The fourth-order valence-corrected chi connectivity index (χ4v) is 4.06. The zero-order valence-corrected chi connectivity index (χ0v) is 15.1. The number of hydrogen-bond donors (Lipinski definition) is 2. The maximum atomic E-state index is 4.60. The molecule has 132 valence electrons. The van der Waals surface area contributed by atoms with Crippen LogP contribution in [0.1, 0.15) is 18.0 Å². The van der Waals surface area contributed by atoms with E-state index in [1.807, 2.05) is 36.2 Å². The van der Waals surface area contributed by atoms with E-state index in [9.17, 15) is 0 Å². The highest BCUT2D eigenvalue weighted by Crippen LogP contribution is 2.30. The third-order valence-corrected chi connectivity index (χ3v) is 5.40. The van der Waals surface area contributed by atoms with Crippen LogP contribution >= 0.6 is 11.5 Å². The standard InChI is InChI=1S/C17H18N8S/c1-24-10-12(8-21-24)14-9-20-17-16(19-4-5-25(14)17)22-15-6-13(23-26-15)11-2-3-18-7-11/h4-6,8-11,18H,2-3,7H2,1H3,(H,19,22). The minimum Gasteiger partial charge on any atom is -0.328 e. The molecule has 8 nitrogen and oxygen atoms in total. The van der Waals surface area contributed by atoms with Crippen molar-refractivity contribution in [3.05, 3.63) is 42.7 Å². The van der Waals surface area contributed by atoms with Gasteiger partial charge in [0.1, 0.15) is 5.00 Å². The van der Waals surface area contributed by atoms with Gasteiger partial charge in [-0.15, -0.1) is 0 Å². The summed E-state index contributed by atoms with van der Waals surface area (Å²) in [5, 5.41) is 12.0. The predicted molar refractivity (Wildman–Crippen MR) is 101 cm³/mol. The van der Waals surface area contributed by atoms with E-state index in [0.717, 1.165) is 52.9 Å². The van der Waals surface area contributed by atoms with E-state index in [-0.39, 0.29) is 0 Å². The Hall–Kier alpha value is -2.78. The molecule has 1 atom stereocenters. The largest absolute Gasteiger partial charge is 0.328 e. The van der Waals surface area contributed by atoms with Gasteiger partial charge in [-0.1, -0.05) is 0 Å². The number of aromatic nitrogens is 6. The second-order valence-corrected chi connectivity index (χ2v) is 7.25. The van der Waals surface area contributed by atoms with Gasteiger partial charge >= 0.3 is 0 Å². The minimum atomic E-state index is 0.508. The third-order valence-electron chi connectivity index (χ3n) is 4.68. The molecular weight excluding hydrogens is 348 g/mol. The molecule has 1 unspecified atom stereocenters. The van der Waals surface area contributed by atoms with Crippen molar-refractivity contribution >= 4 is 28.0 Å². The van der Waals surface area contributed by atoms with Gasteiger partial charge in [0, 0.05) is 43.7 Å². The second kappa shape index (κ2) is 6.19. The van der Waals surface area contributed by atoms with Crippen molar-refractivity contribution in [2.24, 2.45) is 7.05 Å². The van der Waals surface area contributed by atoms with E-state index in [0.29, 0.717) is 5.92 Å². The van der Waals surface area contributed by atoms with E-state index < -0.39 is 0 Å². The zero-order valence-electron chi connectivity index (χ0n) is 14.3. The number of rotatable bonds is 4. The molecule has 5 rings (SSSR count). The van der Waals surface area contributed by atoms with E-state index in [4.69, 9.17) is 0 Å². The molecule has 1 saturated heterocycles. The maximum Gasteiger partial charge on any atom is 0.180 e. The Kier molecular flexibility index (Phi) is 3.68. The molecule has 4 aromatic rings. The van der Waals surface area contributed by atoms with E-state index in [1.54, 1.807) is 10.9 Å². The maximum absolute atomic E-state index is 4.60. The highest BCUT2D eigenvalue weighted by molar-refractivity contribution is 7.10. The highest BCUT2D eigenvalue weighted by Gasteiger charge is 2.20. The van der Waals surface area contributed by atoms with Crippen LogP contribution in [-0.4, -0.2) is 41.6 Å². The second-order valence-electron chi connectivity index (χ2n) is 6.45. The van der Waals surface area contributed by atoms with Crippen LogP contribution in [0.5, 0.6) is 0 Å². The summed E-state index contributed by atoms with van der Waals surface area (Å²) in [5.41, 5.74) is 3.93. The number of anilines is 2. The van der Waals surface area contributed by atoms with Gasteiger partial charge in [0.25, 0.3) is 0 Å². The molecule has 0 saturated carbocycles. The van der Waals surface area contributed by atoms with Gasteiger partial charge in [0.05, 0.1) is 23.8 Å². The molecule has 9 heteroatoms. The normalized spacial score (nSPS) is 17.2. The molecule has 1 aliphatic rings. The van der Waals surface area contributed by atoms with Crippen LogP contribution in [-0.2, 0) is 7.05 Å².